The molecule has 0 bridgehead atoms. The number of hydrogen-bond donors (Lipinski definition) is 8. The first-order valence-electron chi connectivity index (χ1n) is 11.2. The third-order valence-corrected chi connectivity index (χ3v) is 6.04. The van der Waals surface area contributed by atoms with Crippen molar-refractivity contribution in [2.24, 2.45) is 0 Å². The fraction of sp³-hybridized carbons (Fsp3) is 0.800. The van der Waals surface area contributed by atoms with Gasteiger partial charge in [0.25, 0.3) is 0 Å². The van der Waals surface area contributed by atoms with E-state index < -0.39 is 101 Å². The van der Waals surface area contributed by atoms with Crippen molar-refractivity contribution >= 4 is 23.9 Å². The van der Waals surface area contributed by atoms with Crippen molar-refractivity contribution in [2.75, 3.05) is 78.8 Å². The van der Waals surface area contributed by atoms with Crippen LogP contribution >= 0.6 is 0 Å². The summed E-state index contributed by atoms with van der Waals surface area (Å²) in [4.78, 5) is 51.3. The monoisotopic (exact) mass is 524 g/mol. The van der Waals surface area contributed by atoms with Crippen molar-refractivity contribution in [3.05, 3.63) is 0 Å². The van der Waals surface area contributed by atoms with E-state index >= 15 is 0 Å². The molecule has 1 aliphatic heterocycles. The SMILES string of the molecule is O=C(O)CN1C[C@H](CO)N(CC(=O)O)C[C@@H](CO)N(CC(=O)O)C[C@H](CO)N(CC(=O)O)C[C@H]1CO. The van der Waals surface area contributed by atoms with Gasteiger partial charge in [-0.1, -0.05) is 0 Å². The van der Waals surface area contributed by atoms with Crippen molar-refractivity contribution in [1.29, 1.82) is 0 Å². The molecule has 4 atom stereocenters. The van der Waals surface area contributed by atoms with Gasteiger partial charge in [0, 0.05) is 50.3 Å². The lowest BCUT2D eigenvalue weighted by Crippen LogP contribution is -2.62. The summed E-state index contributed by atoms with van der Waals surface area (Å²) in [6.45, 7) is -5.99. The van der Waals surface area contributed by atoms with E-state index in [9.17, 15) is 60.0 Å². The van der Waals surface area contributed by atoms with Gasteiger partial charge in [-0.05, 0) is 0 Å². The van der Waals surface area contributed by atoms with Crippen LogP contribution in [0.25, 0.3) is 0 Å². The maximum atomic E-state index is 11.5. The average Bonchev–Trinajstić information content (AvgIpc) is 2.78. The minimum absolute atomic E-state index is 0.247. The highest BCUT2D eigenvalue weighted by atomic mass is 16.4. The number of aliphatic hydroxyl groups is 4. The Bertz CT molecular complexity index is 621. The van der Waals surface area contributed by atoms with Gasteiger partial charge in [0.05, 0.1) is 52.6 Å². The molecule has 1 rings (SSSR count). The quantitative estimate of drug-likeness (QED) is 0.119. The van der Waals surface area contributed by atoms with Crippen LogP contribution in [-0.4, -0.2) is 187 Å². The summed E-state index contributed by atoms with van der Waals surface area (Å²) in [5, 5.41) is 77.8. The van der Waals surface area contributed by atoms with Gasteiger partial charge < -0.3 is 40.9 Å². The van der Waals surface area contributed by atoms with Gasteiger partial charge in [-0.2, -0.15) is 0 Å². The number of carbonyl (C=O) groups is 4. The van der Waals surface area contributed by atoms with E-state index in [4.69, 9.17) is 0 Å². The van der Waals surface area contributed by atoms with E-state index in [1.54, 1.807) is 0 Å². The van der Waals surface area contributed by atoms with Gasteiger partial charge in [-0.3, -0.25) is 38.8 Å². The second kappa shape index (κ2) is 15.6. The van der Waals surface area contributed by atoms with Crippen LogP contribution in [0.5, 0.6) is 0 Å². The maximum absolute atomic E-state index is 11.5. The van der Waals surface area contributed by atoms with Crippen LogP contribution in [0.2, 0.25) is 0 Å². The zero-order valence-electron chi connectivity index (χ0n) is 19.8. The maximum Gasteiger partial charge on any atom is 0.317 e. The molecule has 0 spiro atoms. The Morgan fingerprint density at radius 3 is 0.722 bits per heavy atom. The highest BCUT2D eigenvalue weighted by Crippen LogP contribution is 2.16. The molecule has 1 aliphatic rings. The van der Waals surface area contributed by atoms with Gasteiger partial charge >= 0.3 is 23.9 Å². The van der Waals surface area contributed by atoms with Gasteiger partial charge in [0.1, 0.15) is 0 Å². The minimum atomic E-state index is -1.29. The molecule has 36 heavy (non-hydrogen) atoms. The first kappa shape index (κ1) is 31.6. The molecule has 0 amide bonds. The van der Waals surface area contributed by atoms with Gasteiger partial charge in [-0.25, -0.2) is 0 Å². The number of aliphatic hydroxyl groups excluding tert-OH is 4. The zero-order chi connectivity index (χ0) is 27.4. The molecule has 8 N–H and O–H groups in total. The van der Waals surface area contributed by atoms with Crippen LogP contribution in [0.4, 0.5) is 0 Å². The third kappa shape index (κ3) is 10.3. The Morgan fingerprint density at radius 2 is 0.611 bits per heavy atom. The van der Waals surface area contributed by atoms with Crippen molar-refractivity contribution in [1.82, 2.24) is 19.6 Å². The fourth-order valence-corrected chi connectivity index (χ4v) is 4.30. The normalized spacial score (nSPS) is 26.1. The molecule has 1 heterocycles. The number of hydrogen-bond acceptors (Lipinski definition) is 12. The van der Waals surface area contributed by atoms with E-state index in [1.807, 2.05) is 0 Å². The fourth-order valence-electron chi connectivity index (χ4n) is 4.30. The average molecular weight is 525 g/mol. The molecule has 1 saturated heterocycles. The molecule has 0 radical (unpaired) electrons. The first-order valence-corrected chi connectivity index (χ1v) is 11.2. The Morgan fingerprint density at radius 1 is 0.444 bits per heavy atom. The lowest BCUT2D eigenvalue weighted by Gasteiger charge is -2.44. The van der Waals surface area contributed by atoms with Crippen LogP contribution in [0.15, 0.2) is 0 Å². The van der Waals surface area contributed by atoms with E-state index in [2.05, 4.69) is 0 Å². The molecule has 1 fully saturated rings. The Hall–Kier alpha value is -2.44. The summed E-state index contributed by atoms with van der Waals surface area (Å²) in [7, 11) is 0. The topological polar surface area (TPSA) is 243 Å². The molecule has 208 valence electrons. The largest absolute Gasteiger partial charge is 0.480 e. The summed E-state index contributed by atoms with van der Waals surface area (Å²) in [5.74, 6) is -5.14. The Balaban J connectivity index is 3.62. The van der Waals surface area contributed by atoms with Crippen molar-refractivity contribution < 1.29 is 60.0 Å². The number of aliphatic carboxylic acids is 4. The molecule has 0 saturated carbocycles. The predicted molar refractivity (Wildman–Crippen MR) is 120 cm³/mol. The van der Waals surface area contributed by atoms with Crippen LogP contribution in [0.1, 0.15) is 0 Å². The molecule has 0 aliphatic carbocycles. The number of nitrogens with zero attached hydrogens (tertiary/aromatic N) is 4. The van der Waals surface area contributed by atoms with E-state index in [-0.39, 0.29) is 26.2 Å². The molecular formula is C20H36N4O12. The summed E-state index contributed by atoms with van der Waals surface area (Å²) in [6, 6.07) is -3.96. The van der Waals surface area contributed by atoms with Gasteiger partial charge in [0.2, 0.25) is 0 Å². The number of carboxylic acids is 4. The molecular weight excluding hydrogens is 488 g/mol. The third-order valence-electron chi connectivity index (χ3n) is 6.04. The summed E-state index contributed by atoms with van der Waals surface area (Å²) >= 11 is 0. The molecule has 0 aromatic carbocycles. The molecule has 0 unspecified atom stereocenters. The first-order chi connectivity index (χ1) is 16.9. The van der Waals surface area contributed by atoms with E-state index in [0.717, 1.165) is 0 Å². The molecule has 0 aromatic rings. The van der Waals surface area contributed by atoms with Crippen LogP contribution in [-0.2, 0) is 19.2 Å². The molecule has 0 aromatic heterocycles. The molecule has 16 heteroatoms. The van der Waals surface area contributed by atoms with Crippen LogP contribution < -0.4 is 0 Å². The van der Waals surface area contributed by atoms with Crippen LogP contribution in [0, 0.1) is 0 Å². The highest BCUT2D eigenvalue weighted by Gasteiger charge is 2.36. The van der Waals surface area contributed by atoms with Gasteiger partial charge in [-0.15, -0.1) is 0 Å². The second-order valence-corrected chi connectivity index (χ2v) is 8.64. The smallest absolute Gasteiger partial charge is 0.317 e. The number of rotatable bonds is 12. The lowest BCUT2D eigenvalue weighted by atomic mass is 10.1. The highest BCUT2D eigenvalue weighted by molar-refractivity contribution is 5.70. The summed E-state index contributed by atoms with van der Waals surface area (Å²) in [5.41, 5.74) is 0. The van der Waals surface area contributed by atoms with Crippen LogP contribution in [0.3, 0.4) is 0 Å². The standard InChI is InChI=1S/C20H36N4O12/c25-9-13-1-21(5-17(29)30)14(10-26)2-23(7-19(33)34)16(12-28)4-24(8-20(35)36)15(11-27)3-22(13)6-18(31)32/h13-16,25-28H,1-12H2,(H,29,30)(H,31,32)(H,33,34)(H,35,36)/t13-,14+,15+,16-. The van der Waals surface area contributed by atoms with Gasteiger partial charge in [0.15, 0.2) is 0 Å². The second-order valence-electron chi connectivity index (χ2n) is 8.64. The Labute approximate surface area is 207 Å². The van der Waals surface area contributed by atoms with Crippen molar-refractivity contribution in [2.45, 2.75) is 24.2 Å². The van der Waals surface area contributed by atoms with Crippen molar-refractivity contribution in [3.8, 4) is 0 Å². The Kier molecular flexibility index (Phi) is 13.7. The van der Waals surface area contributed by atoms with E-state index in [0.29, 0.717) is 0 Å². The number of carboxylic acid groups (broad SMARTS) is 4. The zero-order valence-corrected chi connectivity index (χ0v) is 19.8. The van der Waals surface area contributed by atoms with E-state index in [1.165, 1.54) is 19.6 Å². The summed E-state index contributed by atoms with van der Waals surface area (Å²) < 4.78 is 0. The summed E-state index contributed by atoms with van der Waals surface area (Å²) in [6.07, 6.45) is 0. The predicted octanol–water partition coefficient (Wildman–Crippen LogP) is -5.01. The minimum Gasteiger partial charge on any atom is -0.480 e. The van der Waals surface area contributed by atoms with Crippen molar-refractivity contribution in [3.63, 3.8) is 0 Å². The lowest BCUT2D eigenvalue weighted by molar-refractivity contribution is -0.145. The molecule has 16 nitrogen and oxygen atoms in total.